The van der Waals surface area contributed by atoms with Crippen molar-refractivity contribution in [2.75, 3.05) is 13.2 Å². The zero-order valence-electron chi connectivity index (χ0n) is 25.8. The molecule has 9 heteroatoms. The van der Waals surface area contributed by atoms with Crippen LogP contribution in [0.1, 0.15) is 129 Å². The van der Waals surface area contributed by atoms with Gasteiger partial charge in [-0.15, -0.1) is 0 Å². The first-order valence-electron chi connectivity index (χ1n) is 16.4. The molecule has 41 heavy (non-hydrogen) atoms. The lowest BCUT2D eigenvalue weighted by Crippen LogP contribution is -2.60. The summed E-state index contributed by atoms with van der Waals surface area (Å²) < 4.78 is 11.0. The number of aliphatic hydroxyl groups excluding tert-OH is 5. The molecule has 1 rings (SSSR count). The Labute approximate surface area is 248 Å². The molecule has 0 aromatic heterocycles. The van der Waals surface area contributed by atoms with Gasteiger partial charge in [-0.2, -0.15) is 0 Å². The van der Waals surface area contributed by atoms with Gasteiger partial charge in [0.15, 0.2) is 6.29 Å². The van der Waals surface area contributed by atoms with E-state index in [-0.39, 0.29) is 12.5 Å². The van der Waals surface area contributed by atoms with Gasteiger partial charge < -0.3 is 40.3 Å². The van der Waals surface area contributed by atoms with Gasteiger partial charge in [-0.1, -0.05) is 116 Å². The van der Waals surface area contributed by atoms with Gasteiger partial charge in [0.05, 0.1) is 25.4 Å². The second-order valence-corrected chi connectivity index (χ2v) is 11.6. The molecular weight excluding hydrogens is 526 g/mol. The highest BCUT2D eigenvalue weighted by atomic mass is 16.7. The SMILES string of the molecule is CCCCCCCCCCCCCC=C[C@@H](O)[C@H](CO[C@@H]1O[C@H](CO)[C@H](O)[C@H](O)[C@H]1O)NC(=O)CCCCCCC. The van der Waals surface area contributed by atoms with Gasteiger partial charge in [0.2, 0.25) is 5.91 Å². The molecule has 6 N–H and O–H groups in total. The number of aliphatic hydroxyl groups is 5. The highest BCUT2D eigenvalue weighted by Gasteiger charge is 2.44. The predicted octanol–water partition coefficient (Wildman–Crippen LogP) is 4.27. The van der Waals surface area contributed by atoms with Gasteiger partial charge in [-0.25, -0.2) is 0 Å². The van der Waals surface area contributed by atoms with E-state index < -0.39 is 49.5 Å². The van der Waals surface area contributed by atoms with Crippen molar-refractivity contribution >= 4 is 5.91 Å². The first-order valence-corrected chi connectivity index (χ1v) is 16.4. The van der Waals surface area contributed by atoms with Gasteiger partial charge in [0, 0.05) is 6.42 Å². The van der Waals surface area contributed by atoms with Crippen LogP contribution in [-0.4, -0.2) is 87.5 Å². The molecule has 242 valence electrons. The molecule has 1 saturated heterocycles. The maximum absolute atomic E-state index is 12.6. The van der Waals surface area contributed by atoms with Crippen LogP contribution in [0.25, 0.3) is 0 Å². The van der Waals surface area contributed by atoms with E-state index in [1.54, 1.807) is 6.08 Å². The van der Waals surface area contributed by atoms with E-state index in [1.807, 2.05) is 6.08 Å². The Balaban J connectivity index is 2.50. The molecule has 0 radical (unpaired) electrons. The summed E-state index contributed by atoms with van der Waals surface area (Å²) in [5.41, 5.74) is 0. The Morgan fingerprint density at radius 1 is 0.805 bits per heavy atom. The lowest BCUT2D eigenvalue weighted by atomic mass is 9.99. The first kappa shape index (κ1) is 38.0. The van der Waals surface area contributed by atoms with E-state index in [9.17, 15) is 30.3 Å². The molecule has 0 aromatic rings. The number of allylic oxidation sites excluding steroid dienone is 1. The monoisotopic (exact) mass is 587 g/mol. The fourth-order valence-electron chi connectivity index (χ4n) is 5.09. The molecule has 1 fully saturated rings. The Hall–Kier alpha value is -1.07. The molecule has 0 saturated carbocycles. The van der Waals surface area contributed by atoms with E-state index in [2.05, 4.69) is 19.2 Å². The maximum Gasteiger partial charge on any atom is 0.220 e. The molecule has 1 aliphatic rings. The lowest BCUT2D eigenvalue weighted by Gasteiger charge is -2.40. The Bertz CT molecular complexity index is 662. The van der Waals surface area contributed by atoms with Gasteiger partial charge in [0.1, 0.15) is 24.4 Å². The van der Waals surface area contributed by atoms with Crippen LogP contribution in [0, 0.1) is 0 Å². The third kappa shape index (κ3) is 17.0. The first-order chi connectivity index (χ1) is 19.8. The van der Waals surface area contributed by atoms with Crippen molar-refractivity contribution in [1.82, 2.24) is 5.32 Å². The molecule has 1 aliphatic heterocycles. The summed E-state index contributed by atoms with van der Waals surface area (Å²) >= 11 is 0. The van der Waals surface area contributed by atoms with E-state index in [4.69, 9.17) is 9.47 Å². The van der Waals surface area contributed by atoms with Crippen molar-refractivity contribution < 1.29 is 39.8 Å². The maximum atomic E-state index is 12.6. The van der Waals surface area contributed by atoms with Crippen molar-refractivity contribution in [3.8, 4) is 0 Å². The van der Waals surface area contributed by atoms with Gasteiger partial charge in [-0.05, 0) is 19.3 Å². The van der Waals surface area contributed by atoms with Crippen molar-refractivity contribution in [1.29, 1.82) is 0 Å². The number of carbonyl (C=O) groups is 1. The van der Waals surface area contributed by atoms with Gasteiger partial charge in [-0.3, -0.25) is 4.79 Å². The van der Waals surface area contributed by atoms with Crippen LogP contribution >= 0.6 is 0 Å². The molecular formula is C32H61NO8. The molecule has 1 heterocycles. The smallest absolute Gasteiger partial charge is 0.220 e. The fraction of sp³-hybridized carbons (Fsp3) is 0.906. The van der Waals surface area contributed by atoms with Crippen LogP contribution in [-0.2, 0) is 14.3 Å². The van der Waals surface area contributed by atoms with E-state index >= 15 is 0 Å². The summed E-state index contributed by atoms with van der Waals surface area (Å²) in [4.78, 5) is 12.6. The highest BCUT2D eigenvalue weighted by molar-refractivity contribution is 5.76. The molecule has 0 bridgehead atoms. The summed E-state index contributed by atoms with van der Waals surface area (Å²) in [6.45, 7) is 3.63. The van der Waals surface area contributed by atoms with Crippen molar-refractivity contribution in [2.24, 2.45) is 0 Å². The standard InChI is InChI=1S/C32H61NO8/c1-3-5-7-9-10-11-12-13-14-15-16-18-19-21-26(35)25(33-28(36)22-20-17-8-6-4-2)24-40-32-31(39)30(38)29(37)27(23-34)41-32/h19,21,25-27,29-32,34-35,37-39H,3-18,20,22-24H2,1-2H3,(H,33,36)/t25-,26+,27+,29-,30-,31+,32+/m0/s1. The van der Waals surface area contributed by atoms with E-state index in [1.165, 1.54) is 57.8 Å². The second kappa shape index (κ2) is 24.4. The summed E-state index contributed by atoms with van der Waals surface area (Å²) in [5, 5.41) is 53.4. The number of hydrogen-bond acceptors (Lipinski definition) is 8. The van der Waals surface area contributed by atoms with Crippen LogP contribution in [0.3, 0.4) is 0 Å². The number of hydrogen-bond donors (Lipinski definition) is 6. The molecule has 0 unspecified atom stereocenters. The predicted molar refractivity (Wildman–Crippen MR) is 161 cm³/mol. The third-order valence-corrected chi connectivity index (χ3v) is 7.86. The van der Waals surface area contributed by atoms with Crippen molar-refractivity contribution in [3.63, 3.8) is 0 Å². The summed E-state index contributed by atoms with van der Waals surface area (Å²) in [6, 6.07) is -0.793. The van der Waals surface area contributed by atoms with Crippen LogP contribution in [0.4, 0.5) is 0 Å². The summed E-state index contributed by atoms with van der Waals surface area (Å²) in [6.07, 6.45) is 15.8. The molecule has 0 aromatic carbocycles. The minimum absolute atomic E-state index is 0.186. The molecule has 0 spiro atoms. The lowest BCUT2D eigenvalue weighted by molar-refractivity contribution is -0.302. The van der Waals surface area contributed by atoms with Crippen LogP contribution in [0.2, 0.25) is 0 Å². The number of nitrogens with one attached hydrogen (secondary N) is 1. The second-order valence-electron chi connectivity index (χ2n) is 11.6. The van der Waals surface area contributed by atoms with Crippen molar-refractivity contribution in [3.05, 3.63) is 12.2 Å². The molecule has 1 amide bonds. The Kier molecular flexibility index (Phi) is 22.6. The van der Waals surface area contributed by atoms with Crippen molar-refractivity contribution in [2.45, 2.75) is 172 Å². The average Bonchev–Trinajstić information content (AvgIpc) is 2.97. The van der Waals surface area contributed by atoms with Crippen LogP contribution < -0.4 is 5.32 Å². The number of rotatable bonds is 25. The topological polar surface area (TPSA) is 149 Å². The third-order valence-electron chi connectivity index (χ3n) is 7.86. The zero-order chi connectivity index (χ0) is 30.3. The number of unbranched alkanes of at least 4 members (excludes halogenated alkanes) is 15. The average molecular weight is 588 g/mol. The minimum Gasteiger partial charge on any atom is -0.394 e. The number of carbonyl (C=O) groups excluding carboxylic acids is 1. The fourth-order valence-corrected chi connectivity index (χ4v) is 5.09. The highest BCUT2D eigenvalue weighted by Crippen LogP contribution is 2.22. The van der Waals surface area contributed by atoms with E-state index in [0.29, 0.717) is 6.42 Å². The largest absolute Gasteiger partial charge is 0.394 e. The van der Waals surface area contributed by atoms with Gasteiger partial charge >= 0.3 is 0 Å². The zero-order valence-corrected chi connectivity index (χ0v) is 25.8. The quantitative estimate of drug-likeness (QED) is 0.0685. The Morgan fingerprint density at radius 3 is 1.90 bits per heavy atom. The van der Waals surface area contributed by atoms with Crippen LogP contribution in [0.15, 0.2) is 12.2 Å². The summed E-state index contributed by atoms with van der Waals surface area (Å²) in [7, 11) is 0. The number of amides is 1. The normalized spacial score (nSPS) is 24.5. The molecule has 9 nitrogen and oxygen atoms in total. The minimum atomic E-state index is -1.56. The molecule has 7 atom stereocenters. The van der Waals surface area contributed by atoms with Crippen LogP contribution in [0.5, 0.6) is 0 Å². The summed E-state index contributed by atoms with van der Waals surface area (Å²) in [5.74, 6) is -0.193. The Morgan fingerprint density at radius 2 is 1.34 bits per heavy atom. The molecule has 0 aliphatic carbocycles. The number of ether oxygens (including phenoxy) is 2. The van der Waals surface area contributed by atoms with Gasteiger partial charge in [0.25, 0.3) is 0 Å². The van der Waals surface area contributed by atoms with E-state index in [0.717, 1.165) is 51.4 Å².